The Labute approximate surface area is 141 Å². The van der Waals surface area contributed by atoms with Gasteiger partial charge in [-0.1, -0.05) is 6.07 Å². The number of carbonyl (C=O) groups is 1. The summed E-state index contributed by atoms with van der Waals surface area (Å²) in [6, 6.07) is 13.0. The highest BCUT2D eigenvalue weighted by Gasteiger charge is 2.20. The van der Waals surface area contributed by atoms with E-state index in [1.165, 1.54) is 0 Å². The molecule has 1 unspecified atom stereocenters. The van der Waals surface area contributed by atoms with Crippen molar-refractivity contribution in [3.63, 3.8) is 0 Å². The van der Waals surface area contributed by atoms with Crippen molar-refractivity contribution in [3.05, 3.63) is 48.7 Å². The molecule has 1 atom stereocenters. The zero-order chi connectivity index (χ0) is 16.8. The Kier molecular flexibility index (Phi) is 5.28. The molecule has 0 aliphatic carbocycles. The largest absolute Gasteiger partial charge is 0.484 e. The van der Waals surface area contributed by atoms with E-state index in [4.69, 9.17) is 9.47 Å². The summed E-state index contributed by atoms with van der Waals surface area (Å²) < 4.78 is 11.2. The second-order valence-corrected chi connectivity index (χ2v) is 5.73. The molecule has 1 aliphatic heterocycles. The maximum absolute atomic E-state index is 12.2. The van der Waals surface area contributed by atoms with Crippen molar-refractivity contribution in [2.75, 3.05) is 26.2 Å². The summed E-state index contributed by atoms with van der Waals surface area (Å²) in [4.78, 5) is 18.1. The van der Waals surface area contributed by atoms with Crippen molar-refractivity contribution >= 4 is 5.91 Å². The van der Waals surface area contributed by atoms with Gasteiger partial charge in [0.05, 0.1) is 0 Å². The molecule has 0 bridgehead atoms. The van der Waals surface area contributed by atoms with Gasteiger partial charge in [-0.3, -0.25) is 4.79 Å². The molecule has 1 amide bonds. The van der Waals surface area contributed by atoms with Crippen LogP contribution in [0.1, 0.15) is 6.92 Å². The van der Waals surface area contributed by atoms with Gasteiger partial charge in [0.25, 0.3) is 5.91 Å². The van der Waals surface area contributed by atoms with Crippen LogP contribution in [0, 0.1) is 0 Å². The normalized spacial score (nSPS) is 17.4. The molecule has 6 nitrogen and oxygen atoms in total. The van der Waals surface area contributed by atoms with Crippen LogP contribution >= 0.6 is 0 Å². The van der Waals surface area contributed by atoms with E-state index in [2.05, 4.69) is 17.2 Å². The number of pyridine rings is 1. The number of rotatable bonds is 5. The molecule has 0 saturated carbocycles. The van der Waals surface area contributed by atoms with E-state index in [0.717, 1.165) is 19.6 Å². The monoisotopic (exact) mass is 327 g/mol. The average Bonchev–Trinajstić information content (AvgIpc) is 2.62. The number of amides is 1. The number of ether oxygens (including phenoxy) is 2. The number of hydrogen-bond donors (Lipinski definition) is 1. The van der Waals surface area contributed by atoms with Crippen LogP contribution < -0.4 is 14.8 Å². The van der Waals surface area contributed by atoms with Gasteiger partial charge in [-0.15, -0.1) is 0 Å². The van der Waals surface area contributed by atoms with Gasteiger partial charge in [0.15, 0.2) is 6.61 Å². The van der Waals surface area contributed by atoms with E-state index < -0.39 is 0 Å². The van der Waals surface area contributed by atoms with Gasteiger partial charge in [-0.2, -0.15) is 0 Å². The summed E-state index contributed by atoms with van der Waals surface area (Å²) in [6.45, 7) is 4.39. The fourth-order valence-electron chi connectivity index (χ4n) is 2.53. The highest BCUT2D eigenvalue weighted by atomic mass is 16.5. The number of benzene rings is 1. The first-order valence-electron chi connectivity index (χ1n) is 8.03. The lowest BCUT2D eigenvalue weighted by atomic mass is 10.2. The first kappa shape index (κ1) is 16.3. The van der Waals surface area contributed by atoms with Crippen molar-refractivity contribution in [2.45, 2.75) is 13.0 Å². The molecule has 2 heterocycles. The number of hydrogen-bond acceptors (Lipinski definition) is 5. The minimum Gasteiger partial charge on any atom is -0.484 e. The van der Waals surface area contributed by atoms with Crippen molar-refractivity contribution in [2.24, 2.45) is 0 Å². The summed E-state index contributed by atoms with van der Waals surface area (Å²) in [6.07, 6.45) is 1.68. The van der Waals surface area contributed by atoms with Crippen molar-refractivity contribution < 1.29 is 14.3 Å². The quantitative estimate of drug-likeness (QED) is 0.911. The molecule has 0 radical (unpaired) electrons. The van der Waals surface area contributed by atoms with Crippen LogP contribution in [0.25, 0.3) is 0 Å². The fraction of sp³-hybridized carbons (Fsp3) is 0.333. The van der Waals surface area contributed by atoms with Crippen molar-refractivity contribution in [3.8, 4) is 17.4 Å². The fourth-order valence-corrected chi connectivity index (χ4v) is 2.53. The number of carbonyl (C=O) groups excluding carboxylic acids is 1. The van der Waals surface area contributed by atoms with Crippen molar-refractivity contribution in [1.29, 1.82) is 0 Å². The molecule has 1 aliphatic rings. The van der Waals surface area contributed by atoms with E-state index in [1.807, 2.05) is 17.0 Å². The topological polar surface area (TPSA) is 63.7 Å². The molecule has 0 spiro atoms. The lowest BCUT2D eigenvalue weighted by molar-refractivity contribution is -0.134. The van der Waals surface area contributed by atoms with Gasteiger partial charge in [-0.05, 0) is 37.3 Å². The average molecular weight is 327 g/mol. The van der Waals surface area contributed by atoms with E-state index in [1.54, 1.807) is 36.5 Å². The number of piperazine rings is 1. The van der Waals surface area contributed by atoms with Crippen LogP contribution in [-0.2, 0) is 4.79 Å². The summed E-state index contributed by atoms with van der Waals surface area (Å²) in [5.74, 6) is 1.86. The predicted molar refractivity (Wildman–Crippen MR) is 90.3 cm³/mol. The van der Waals surface area contributed by atoms with E-state index in [9.17, 15) is 4.79 Å². The van der Waals surface area contributed by atoms with Gasteiger partial charge in [-0.25, -0.2) is 4.98 Å². The van der Waals surface area contributed by atoms with Crippen LogP contribution in [0.3, 0.4) is 0 Å². The Balaban J connectivity index is 1.50. The van der Waals surface area contributed by atoms with Gasteiger partial charge in [0.1, 0.15) is 11.5 Å². The van der Waals surface area contributed by atoms with E-state index in [0.29, 0.717) is 23.4 Å². The van der Waals surface area contributed by atoms with Crippen LogP contribution in [0.15, 0.2) is 48.7 Å². The van der Waals surface area contributed by atoms with Crippen LogP contribution in [0.2, 0.25) is 0 Å². The zero-order valence-electron chi connectivity index (χ0n) is 13.6. The molecular formula is C18H21N3O3. The third-order valence-electron chi connectivity index (χ3n) is 3.77. The number of nitrogens with one attached hydrogen (secondary N) is 1. The van der Waals surface area contributed by atoms with E-state index >= 15 is 0 Å². The molecule has 3 rings (SSSR count). The van der Waals surface area contributed by atoms with Crippen LogP contribution in [0.4, 0.5) is 0 Å². The summed E-state index contributed by atoms with van der Waals surface area (Å²) in [7, 11) is 0. The molecule has 1 fully saturated rings. The van der Waals surface area contributed by atoms with Gasteiger partial charge < -0.3 is 19.7 Å². The van der Waals surface area contributed by atoms with Gasteiger partial charge in [0, 0.05) is 37.9 Å². The summed E-state index contributed by atoms with van der Waals surface area (Å²) >= 11 is 0. The standard InChI is InChI=1S/C18H21N3O3/c1-14-12-21(11-10-19-14)18(22)13-23-15-5-7-16(8-6-15)24-17-4-2-3-9-20-17/h2-9,14,19H,10-13H2,1H3. The first-order chi connectivity index (χ1) is 11.7. The lowest BCUT2D eigenvalue weighted by Crippen LogP contribution is -2.52. The highest BCUT2D eigenvalue weighted by molar-refractivity contribution is 5.78. The highest BCUT2D eigenvalue weighted by Crippen LogP contribution is 2.22. The molecule has 1 aromatic heterocycles. The molecule has 2 aromatic rings. The second-order valence-electron chi connectivity index (χ2n) is 5.73. The SMILES string of the molecule is CC1CN(C(=O)COc2ccc(Oc3ccccn3)cc2)CCN1. The lowest BCUT2D eigenvalue weighted by Gasteiger charge is -2.31. The number of nitrogens with zero attached hydrogens (tertiary/aromatic N) is 2. The first-order valence-corrected chi connectivity index (χ1v) is 8.03. The Bertz CT molecular complexity index is 661. The number of aromatic nitrogens is 1. The van der Waals surface area contributed by atoms with Gasteiger partial charge in [0.2, 0.25) is 5.88 Å². The minimum atomic E-state index is 0.0113. The Hall–Kier alpha value is -2.60. The molecule has 1 N–H and O–H groups in total. The Morgan fingerprint density at radius 2 is 2.04 bits per heavy atom. The molecule has 6 heteroatoms. The molecule has 1 aromatic carbocycles. The minimum absolute atomic E-state index is 0.0113. The molecular weight excluding hydrogens is 306 g/mol. The van der Waals surface area contributed by atoms with E-state index in [-0.39, 0.29) is 12.5 Å². The third-order valence-corrected chi connectivity index (χ3v) is 3.77. The summed E-state index contributed by atoms with van der Waals surface area (Å²) in [5.41, 5.74) is 0. The molecule has 24 heavy (non-hydrogen) atoms. The Morgan fingerprint density at radius 1 is 1.25 bits per heavy atom. The summed E-state index contributed by atoms with van der Waals surface area (Å²) in [5, 5.41) is 3.31. The zero-order valence-corrected chi connectivity index (χ0v) is 13.6. The van der Waals surface area contributed by atoms with Crippen LogP contribution in [-0.4, -0.2) is 48.1 Å². The Morgan fingerprint density at radius 3 is 2.75 bits per heavy atom. The maximum Gasteiger partial charge on any atom is 0.260 e. The smallest absolute Gasteiger partial charge is 0.260 e. The molecule has 126 valence electrons. The predicted octanol–water partition coefficient (Wildman–Crippen LogP) is 2.07. The van der Waals surface area contributed by atoms with Crippen molar-refractivity contribution in [1.82, 2.24) is 15.2 Å². The maximum atomic E-state index is 12.2. The third kappa shape index (κ3) is 4.45. The van der Waals surface area contributed by atoms with Crippen LogP contribution in [0.5, 0.6) is 17.4 Å². The molecule has 1 saturated heterocycles. The van der Waals surface area contributed by atoms with Gasteiger partial charge >= 0.3 is 0 Å². The second kappa shape index (κ2) is 7.79.